The van der Waals surface area contributed by atoms with E-state index in [0.29, 0.717) is 15.6 Å². The predicted molar refractivity (Wildman–Crippen MR) is 70.3 cm³/mol. The first-order valence-corrected chi connectivity index (χ1v) is 5.80. The fraction of sp³-hybridized carbons (Fsp3) is 0.250. The van der Waals surface area contributed by atoms with Gasteiger partial charge < -0.3 is 4.84 Å². The molecule has 0 atom stereocenters. The Balaban J connectivity index is 2.79. The molecule has 0 N–H and O–H groups in total. The molecule has 0 aliphatic heterocycles. The third-order valence-electron chi connectivity index (χ3n) is 2.16. The lowest BCUT2D eigenvalue weighted by Gasteiger charge is -2.02. The van der Waals surface area contributed by atoms with Crippen molar-refractivity contribution in [2.24, 2.45) is 5.16 Å². The summed E-state index contributed by atoms with van der Waals surface area (Å²) in [5.41, 5.74) is 0.635. The lowest BCUT2D eigenvalue weighted by molar-refractivity contribution is -0.132. The Morgan fingerprint density at radius 2 is 1.94 bits per heavy atom. The van der Waals surface area contributed by atoms with E-state index < -0.39 is 11.6 Å². The van der Waals surface area contributed by atoms with Crippen LogP contribution >= 0.6 is 23.2 Å². The van der Waals surface area contributed by atoms with Gasteiger partial charge in [0.1, 0.15) is 12.8 Å². The second-order valence-electron chi connectivity index (χ2n) is 3.54. The minimum absolute atomic E-state index is 0.0163. The van der Waals surface area contributed by atoms with Crippen molar-refractivity contribution in [3.63, 3.8) is 0 Å². The first kappa shape index (κ1) is 14.7. The molecule has 4 nitrogen and oxygen atoms in total. The second-order valence-corrected chi connectivity index (χ2v) is 4.35. The number of hydrogen-bond acceptors (Lipinski definition) is 4. The number of rotatable bonds is 5. The summed E-state index contributed by atoms with van der Waals surface area (Å²) in [5.74, 6) is -1.25. The highest BCUT2D eigenvalue weighted by molar-refractivity contribution is 6.64. The van der Waals surface area contributed by atoms with E-state index in [9.17, 15) is 9.59 Å². The number of ketones is 2. The zero-order chi connectivity index (χ0) is 13.7. The summed E-state index contributed by atoms with van der Waals surface area (Å²) in [4.78, 5) is 27.7. The zero-order valence-electron chi connectivity index (χ0n) is 9.87. The van der Waals surface area contributed by atoms with Gasteiger partial charge in [0.15, 0.2) is 0 Å². The summed E-state index contributed by atoms with van der Waals surface area (Å²) >= 11 is 11.6. The molecule has 0 amide bonds. The highest BCUT2D eigenvalue weighted by Gasteiger charge is 2.18. The molecule has 18 heavy (non-hydrogen) atoms. The zero-order valence-corrected chi connectivity index (χ0v) is 11.4. The molecule has 0 aromatic heterocycles. The van der Waals surface area contributed by atoms with Crippen molar-refractivity contribution in [3.05, 3.63) is 33.8 Å². The predicted octanol–water partition coefficient (Wildman–Crippen LogP) is 2.70. The number of carbonyl (C=O) groups is 2. The summed E-state index contributed by atoms with van der Waals surface area (Å²) in [5, 5.41) is 4.16. The summed E-state index contributed by atoms with van der Waals surface area (Å²) < 4.78 is 0. The van der Waals surface area contributed by atoms with E-state index in [4.69, 9.17) is 23.2 Å². The normalized spacial score (nSPS) is 11.2. The lowest BCUT2D eigenvalue weighted by atomic mass is 10.0. The molecule has 0 bridgehead atoms. The minimum atomic E-state index is -0.678. The largest absolute Gasteiger partial charge is 0.399 e. The first-order valence-electron chi connectivity index (χ1n) is 5.05. The summed E-state index contributed by atoms with van der Waals surface area (Å²) in [7, 11) is 1.31. The number of oxime groups is 1. The SMILES string of the molecule is CON=C(C)C(=O)C(=O)Cc1ccc(Cl)c(Cl)c1. The van der Waals surface area contributed by atoms with Crippen molar-refractivity contribution in [1.29, 1.82) is 0 Å². The van der Waals surface area contributed by atoms with Gasteiger partial charge in [-0.15, -0.1) is 0 Å². The van der Waals surface area contributed by atoms with Gasteiger partial charge in [0.05, 0.1) is 10.0 Å². The maximum atomic E-state index is 11.7. The Labute approximate surface area is 115 Å². The van der Waals surface area contributed by atoms with Crippen molar-refractivity contribution in [3.8, 4) is 0 Å². The topological polar surface area (TPSA) is 55.7 Å². The van der Waals surface area contributed by atoms with Gasteiger partial charge in [-0.2, -0.15) is 0 Å². The molecule has 0 saturated carbocycles. The monoisotopic (exact) mass is 287 g/mol. The van der Waals surface area contributed by atoms with E-state index in [1.165, 1.54) is 14.0 Å². The Kier molecular flexibility index (Phi) is 5.31. The van der Waals surface area contributed by atoms with E-state index >= 15 is 0 Å². The number of carbonyl (C=O) groups excluding carboxylic acids is 2. The number of halogens is 2. The molecule has 6 heteroatoms. The fourth-order valence-corrected chi connectivity index (χ4v) is 1.62. The van der Waals surface area contributed by atoms with Gasteiger partial charge in [-0.1, -0.05) is 34.4 Å². The van der Waals surface area contributed by atoms with Crippen LogP contribution in [0.25, 0.3) is 0 Å². The van der Waals surface area contributed by atoms with Crippen LogP contribution in [0.4, 0.5) is 0 Å². The molecule has 0 aliphatic carbocycles. The van der Waals surface area contributed by atoms with E-state index in [0.717, 1.165) is 0 Å². The standard InChI is InChI=1S/C12H11Cl2NO3/c1-7(15-18-2)12(17)11(16)6-8-3-4-9(13)10(14)5-8/h3-5H,6H2,1-2H3. The molecular weight excluding hydrogens is 277 g/mol. The Morgan fingerprint density at radius 3 is 2.50 bits per heavy atom. The molecule has 1 aromatic rings. The molecule has 0 radical (unpaired) electrons. The van der Waals surface area contributed by atoms with Crippen LogP contribution in [-0.4, -0.2) is 24.4 Å². The van der Waals surface area contributed by atoms with Crippen LogP contribution in [0.1, 0.15) is 12.5 Å². The quantitative estimate of drug-likeness (QED) is 0.475. The van der Waals surface area contributed by atoms with Crippen molar-refractivity contribution >= 4 is 40.5 Å². The van der Waals surface area contributed by atoms with Crippen LogP contribution in [0.5, 0.6) is 0 Å². The van der Waals surface area contributed by atoms with E-state index in [-0.39, 0.29) is 12.1 Å². The summed E-state index contributed by atoms with van der Waals surface area (Å²) in [6, 6.07) is 4.77. The van der Waals surface area contributed by atoms with Gasteiger partial charge in [-0.05, 0) is 24.6 Å². The Morgan fingerprint density at radius 1 is 1.28 bits per heavy atom. The maximum absolute atomic E-state index is 11.7. The smallest absolute Gasteiger partial charge is 0.246 e. The molecule has 0 spiro atoms. The van der Waals surface area contributed by atoms with Gasteiger partial charge in [0, 0.05) is 6.42 Å². The first-order chi connectivity index (χ1) is 8.45. The maximum Gasteiger partial charge on any atom is 0.246 e. The van der Waals surface area contributed by atoms with Crippen LogP contribution in [0.2, 0.25) is 10.0 Å². The highest BCUT2D eigenvalue weighted by Crippen LogP contribution is 2.22. The fourth-order valence-electron chi connectivity index (χ4n) is 1.30. The van der Waals surface area contributed by atoms with Crippen molar-refractivity contribution in [2.45, 2.75) is 13.3 Å². The highest BCUT2D eigenvalue weighted by atomic mass is 35.5. The Hall–Kier alpha value is -1.39. The lowest BCUT2D eigenvalue weighted by Crippen LogP contribution is -2.23. The van der Waals surface area contributed by atoms with Crippen LogP contribution in [-0.2, 0) is 20.8 Å². The minimum Gasteiger partial charge on any atom is -0.399 e. The molecule has 1 aromatic carbocycles. The molecular formula is C12H11Cl2NO3. The molecule has 0 fully saturated rings. The van der Waals surface area contributed by atoms with Crippen molar-refractivity contribution < 1.29 is 14.4 Å². The molecule has 0 heterocycles. The molecule has 0 unspecified atom stereocenters. The van der Waals surface area contributed by atoms with Crippen LogP contribution in [0, 0.1) is 0 Å². The van der Waals surface area contributed by atoms with E-state index in [2.05, 4.69) is 9.99 Å². The van der Waals surface area contributed by atoms with Gasteiger partial charge in [-0.25, -0.2) is 0 Å². The van der Waals surface area contributed by atoms with Crippen LogP contribution in [0.15, 0.2) is 23.4 Å². The second kappa shape index (κ2) is 6.52. The number of benzene rings is 1. The third-order valence-corrected chi connectivity index (χ3v) is 2.90. The van der Waals surface area contributed by atoms with Crippen LogP contribution in [0.3, 0.4) is 0 Å². The van der Waals surface area contributed by atoms with Gasteiger partial charge in [-0.3, -0.25) is 9.59 Å². The Bertz CT molecular complexity index is 512. The van der Waals surface area contributed by atoms with Gasteiger partial charge in [0.25, 0.3) is 0 Å². The molecule has 96 valence electrons. The number of nitrogens with zero attached hydrogens (tertiary/aromatic N) is 1. The third kappa shape index (κ3) is 3.82. The average Bonchev–Trinajstić information content (AvgIpc) is 2.33. The van der Waals surface area contributed by atoms with Crippen LogP contribution < -0.4 is 0 Å². The van der Waals surface area contributed by atoms with Gasteiger partial charge >= 0.3 is 0 Å². The molecule has 0 saturated heterocycles. The van der Waals surface area contributed by atoms with Crippen molar-refractivity contribution in [1.82, 2.24) is 0 Å². The summed E-state index contributed by atoms with van der Waals surface area (Å²) in [6.45, 7) is 1.42. The molecule has 0 aliphatic rings. The van der Waals surface area contributed by atoms with E-state index in [1.807, 2.05) is 0 Å². The number of Topliss-reactive ketones (excluding diaryl/α,β-unsaturated/α-hetero) is 2. The van der Waals surface area contributed by atoms with Gasteiger partial charge in [0.2, 0.25) is 11.6 Å². The number of hydrogen-bond donors (Lipinski definition) is 0. The average molecular weight is 288 g/mol. The van der Waals surface area contributed by atoms with E-state index in [1.54, 1.807) is 18.2 Å². The van der Waals surface area contributed by atoms with Crippen molar-refractivity contribution in [2.75, 3.05) is 7.11 Å². The summed E-state index contributed by atoms with van der Waals surface area (Å²) in [6.07, 6.45) is -0.0493. The molecule has 1 rings (SSSR count).